The third-order valence-corrected chi connectivity index (χ3v) is 3.18. The van der Waals surface area contributed by atoms with Gasteiger partial charge in [-0.2, -0.15) is 0 Å². The molecule has 0 aromatic rings. The Bertz CT molecular complexity index is 516. The molecule has 0 spiro atoms. The van der Waals surface area contributed by atoms with E-state index in [0.717, 1.165) is 20.8 Å². The first kappa shape index (κ1) is 20.8. The van der Waals surface area contributed by atoms with Gasteiger partial charge in [0.1, 0.15) is 12.7 Å². The van der Waals surface area contributed by atoms with E-state index in [-0.39, 0.29) is 6.61 Å². The maximum Gasteiger partial charge on any atom is 0.303 e. The monoisotopic (exact) mass is 362 g/mol. The number of ether oxygens (including phenoxy) is 6. The van der Waals surface area contributed by atoms with Gasteiger partial charge in [0, 0.05) is 34.8 Å². The summed E-state index contributed by atoms with van der Waals surface area (Å²) in [7, 11) is 1.29. The highest BCUT2D eigenvalue weighted by Gasteiger charge is 2.52. The first-order valence-corrected chi connectivity index (χ1v) is 7.49. The van der Waals surface area contributed by atoms with Gasteiger partial charge in [0.2, 0.25) is 0 Å². The first-order chi connectivity index (χ1) is 11.6. The van der Waals surface area contributed by atoms with Gasteiger partial charge in [-0.25, -0.2) is 0 Å². The van der Waals surface area contributed by atoms with Crippen molar-refractivity contribution in [2.75, 3.05) is 13.7 Å². The molecular weight excluding hydrogens is 340 g/mol. The minimum atomic E-state index is -1.20. The summed E-state index contributed by atoms with van der Waals surface area (Å²) in [4.78, 5) is 45.4. The average molecular weight is 362 g/mol. The Hall–Kier alpha value is -2.20. The molecule has 1 heterocycles. The van der Waals surface area contributed by atoms with Crippen LogP contribution in [0.2, 0.25) is 0 Å². The van der Waals surface area contributed by atoms with Crippen molar-refractivity contribution in [1.82, 2.24) is 0 Å². The van der Waals surface area contributed by atoms with Gasteiger partial charge < -0.3 is 28.4 Å². The van der Waals surface area contributed by atoms with E-state index >= 15 is 0 Å². The second kappa shape index (κ2) is 9.33. The van der Waals surface area contributed by atoms with Crippen LogP contribution in [0.15, 0.2) is 0 Å². The fourth-order valence-electron chi connectivity index (χ4n) is 2.38. The molecule has 0 aromatic heterocycles. The highest BCUT2D eigenvalue weighted by Crippen LogP contribution is 2.29. The zero-order chi connectivity index (χ0) is 19.1. The molecule has 0 amide bonds. The molecule has 0 radical (unpaired) electrons. The summed E-state index contributed by atoms with van der Waals surface area (Å²) in [5.41, 5.74) is 0. The lowest BCUT2D eigenvalue weighted by Gasteiger charge is -2.43. The third kappa shape index (κ3) is 6.31. The van der Waals surface area contributed by atoms with Gasteiger partial charge in [0.05, 0.1) is 0 Å². The molecular formula is C15H22O10. The quantitative estimate of drug-likeness (QED) is 0.460. The zero-order valence-electron chi connectivity index (χ0n) is 14.7. The van der Waals surface area contributed by atoms with E-state index < -0.39 is 54.6 Å². The van der Waals surface area contributed by atoms with E-state index in [2.05, 4.69) is 0 Å². The van der Waals surface area contributed by atoms with E-state index in [1.54, 1.807) is 0 Å². The van der Waals surface area contributed by atoms with Gasteiger partial charge in [-0.3, -0.25) is 19.2 Å². The number of carbonyl (C=O) groups excluding carboxylic acids is 4. The van der Waals surface area contributed by atoms with E-state index in [9.17, 15) is 19.2 Å². The molecule has 0 bridgehead atoms. The zero-order valence-corrected chi connectivity index (χ0v) is 14.7. The van der Waals surface area contributed by atoms with E-state index in [1.165, 1.54) is 14.0 Å². The molecule has 10 nitrogen and oxygen atoms in total. The normalized spacial score (nSPS) is 28.6. The molecule has 0 aliphatic carbocycles. The minimum Gasteiger partial charge on any atom is -0.463 e. The molecule has 10 heteroatoms. The van der Waals surface area contributed by atoms with Crippen LogP contribution in [0.3, 0.4) is 0 Å². The average Bonchev–Trinajstić information content (AvgIpc) is 2.48. The second-order valence-corrected chi connectivity index (χ2v) is 5.30. The van der Waals surface area contributed by atoms with Crippen LogP contribution < -0.4 is 0 Å². The van der Waals surface area contributed by atoms with Crippen molar-refractivity contribution in [3.63, 3.8) is 0 Å². The number of rotatable bonds is 6. The van der Waals surface area contributed by atoms with Crippen molar-refractivity contribution in [2.45, 2.75) is 58.4 Å². The van der Waals surface area contributed by atoms with Crippen molar-refractivity contribution in [1.29, 1.82) is 0 Å². The predicted octanol–water partition coefficient (Wildman–Crippen LogP) is -0.284. The van der Waals surface area contributed by atoms with E-state index in [4.69, 9.17) is 28.4 Å². The van der Waals surface area contributed by atoms with Crippen LogP contribution in [0.1, 0.15) is 27.7 Å². The summed E-state index contributed by atoms with van der Waals surface area (Å²) in [6.07, 6.45) is -5.67. The van der Waals surface area contributed by atoms with Crippen LogP contribution in [0.4, 0.5) is 0 Å². The molecule has 142 valence electrons. The van der Waals surface area contributed by atoms with Crippen molar-refractivity contribution in [3.8, 4) is 0 Å². The summed E-state index contributed by atoms with van der Waals surface area (Å²) in [5.74, 6) is -2.63. The summed E-state index contributed by atoms with van der Waals surface area (Å²) < 4.78 is 31.1. The molecule has 0 aromatic carbocycles. The smallest absolute Gasteiger partial charge is 0.303 e. The summed E-state index contributed by atoms with van der Waals surface area (Å²) in [6, 6.07) is 0. The van der Waals surface area contributed by atoms with Crippen molar-refractivity contribution in [3.05, 3.63) is 0 Å². The Morgan fingerprint density at radius 1 is 0.760 bits per heavy atom. The molecule has 1 fully saturated rings. The Balaban J connectivity index is 3.18. The Labute approximate surface area is 144 Å². The Morgan fingerprint density at radius 3 is 1.68 bits per heavy atom. The third-order valence-electron chi connectivity index (χ3n) is 3.18. The van der Waals surface area contributed by atoms with E-state index in [0.29, 0.717) is 0 Å². The van der Waals surface area contributed by atoms with Gasteiger partial charge in [0.25, 0.3) is 0 Å². The number of esters is 4. The lowest BCUT2D eigenvalue weighted by Crippen LogP contribution is -2.62. The lowest BCUT2D eigenvalue weighted by atomic mass is 9.98. The topological polar surface area (TPSA) is 124 Å². The van der Waals surface area contributed by atoms with Crippen molar-refractivity contribution >= 4 is 23.9 Å². The lowest BCUT2D eigenvalue weighted by molar-refractivity contribution is -0.302. The molecule has 5 atom stereocenters. The van der Waals surface area contributed by atoms with Gasteiger partial charge in [-0.1, -0.05) is 0 Å². The first-order valence-electron chi connectivity index (χ1n) is 7.49. The molecule has 0 saturated carbocycles. The molecule has 1 aliphatic heterocycles. The SMILES string of the molecule is CO[C@@H]1OC(COC(C)=O)C(OC(C)=O)[C@H](OC(C)=O)C1OC(C)=O. The Morgan fingerprint density at radius 2 is 1.24 bits per heavy atom. The second-order valence-electron chi connectivity index (χ2n) is 5.30. The fraction of sp³-hybridized carbons (Fsp3) is 0.733. The summed E-state index contributed by atoms with van der Waals surface area (Å²) in [5, 5.41) is 0. The highest BCUT2D eigenvalue weighted by atomic mass is 16.7. The van der Waals surface area contributed by atoms with Crippen LogP contribution in [0.5, 0.6) is 0 Å². The van der Waals surface area contributed by atoms with Crippen LogP contribution in [0, 0.1) is 0 Å². The summed E-state index contributed by atoms with van der Waals surface area (Å²) in [6.45, 7) is 4.37. The molecule has 1 saturated heterocycles. The maximum absolute atomic E-state index is 11.5. The van der Waals surface area contributed by atoms with Gasteiger partial charge in [0.15, 0.2) is 24.6 Å². The fourth-order valence-corrected chi connectivity index (χ4v) is 2.38. The molecule has 3 unspecified atom stereocenters. The standard InChI is InChI=1S/C15H22O10/c1-7(16)21-6-11-12(22-8(2)17)13(23-9(3)18)14(24-10(4)19)15(20-5)25-11/h11-15H,6H2,1-5H3/t11?,12?,13-,14?,15+/m0/s1. The highest BCUT2D eigenvalue weighted by molar-refractivity contribution is 5.68. The molecule has 0 N–H and O–H groups in total. The van der Waals surface area contributed by atoms with Crippen LogP contribution in [0.25, 0.3) is 0 Å². The number of hydrogen-bond donors (Lipinski definition) is 0. The molecule has 1 rings (SSSR count). The van der Waals surface area contributed by atoms with Crippen LogP contribution >= 0.6 is 0 Å². The number of carbonyl (C=O) groups is 4. The van der Waals surface area contributed by atoms with Crippen molar-refractivity contribution in [2.24, 2.45) is 0 Å². The largest absolute Gasteiger partial charge is 0.463 e. The maximum atomic E-state index is 11.5. The van der Waals surface area contributed by atoms with Gasteiger partial charge in [-0.05, 0) is 0 Å². The molecule has 25 heavy (non-hydrogen) atoms. The van der Waals surface area contributed by atoms with E-state index in [1.807, 2.05) is 0 Å². The van der Waals surface area contributed by atoms with Gasteiger partial charge in [-0.15, -0.1) is 0 Å². The molecule has 1 aliphatic rings. The van der Waals surface area contributed by atoms with Crippen LogP contribution in [-0.4, -0.2) is 68.3 Å². The van der Waals surface area contributed by atoms with Gasteiger partial charge >= 0.3 is 23.9 Å². The van der Waals surface area contributed by atoms with Crippen LogP contribution in [-0.2, 0) is 47.6 Å². The summed E-state index contributed by atoms with van der Waals surface area (Å²) >= 11 is 0. The Kier molecular flexibility index (Phi) is 7.78. The minimum absolute atomic E-state index is 0.280. The number of hydrogen-bond acceptors (Lipinski definition) is 10. The predicted molar refractivity (Wildman–Crippen MR) is 79.0 cm³/mol. The van der Waals surface area contributed by atoms with Crippen molar-refractivity contribution < 1.29 is 47.6 Å². The number of methoxy groups -OCH3 is 1.